The maximum Gasteiger partial charge on any atom is 0.139 e. The summed E-state index contributed by atoms with van der Waals surface area (Å²) in [7, 11) is 0. The number of imidazole rings is 1. The maximum atomic E-state index is 13.3. The number of allylic oxidation sites excluding steroid dienone is 4. The van der Waals surface area contributed by atoms with Crippen LogP contribution < -0.4 is 0 Å². The highest BCUT2D eigenvalue weighted by atomic mass is 32.1. The van der Waals surface area contributed by atoms with Gasteiger partial charge >= 0.3 is 0 Å². The highest BCUT2D eigenvalue weighted by molar-refractivity contribution is 7.81. The van der Waals surface area contributed by atoms with Crippen molar-refractivity contribution in [3.63, 3.8) is 0 Å². The van der Waals surface area contributed by atoms with E-state index in [9.17, 15) is 4.39 Å². The summed E-state index contributed by atoms with van der Waals surface area (Å²) in [5.74, 6) is 0.451. The minimum Gasteiger partial charge on any atom is -0.337 e. The topological polar surface area (TPSA) is 41.6 Å². The normalized spacial score (nSPS) is 13.8. The standard InChI is InChI=1S/C20H14FN3S/c21-15-7-5-13(6-8-15)18-19(14-9-11-22-12-10-14)24-20(23-18)16-3-1-2-4-17(16)25/h1-3,5-12H,4H2,(H,23,24). The number of aromatic amines is 1. The zero-order valence-corrected chi connectivity index (χ0v) is 14.1. The van der Waals surface area contributed by atoms with Gasteiger partial charge in [-0.1, -0.05) is 30.4 Å². The summed E-state index contributed by atoms with van der Waals surface area (Å²) >= 11 is 5.47. The molecule has 3 nitrogen and oxygen atoms in total. The first kappa shape index (κ1) is 15.6. The van der Waals surface area contributed by atoms with Crippen LogP contribution in [0.25, 0.3) is 28.1 Å². The molecule has 25 heavy (non-hydrogen) atoms. The van der Waals surface area contributed by atoms with E-state index in [1.807, 2.05) is 30.4 Å². The number of hydrogen-bond donors (Lipinski definition) is 1. The van der Waals surface area contributed by atoms with Gasteiger partial charge in [-0.05, 0) is 36.4 Å². The summed E-state index contributed by atoms with van der Waals surface area (Å²) in [5.41, 5.74) is 4.35. The molecular weight excluding hydrogens is 333 g/mol. The van der Waals surface area contributed by atoms with Crippen LogP contribution in [-0.2, 0) is 0 Å². The van der Waals surface area contributed by atoms with E-state index in [-0.39, 0.29) is 5.82 Å². The molecule has 1 aliphatic carbocycles. The van der Waals surface area contributed by atoms with Crippen LogP contribution in [0.2, 0.25) is 0 Å². The third kappa shape index (κ3) is 3.06. The molecule has 1 aromatic carbocycles. The molecule has 3 aromatic rings. The number of pyridine rings is 1. The summed E-state index contributed by atoms with van der Waals surface area (Å²) in [6.07, 6.45) is 10.2. The van der Waals surface area contributed by atoms with Crippen LogP contribution in [0.3, 0.4) is 0 Å². The largest absolute Gasteiger partial charge is 0.337 e. The van der Waals surface area contributed by atoms with E-state index in [0.29, 0.717) is 0 Å². The Morgan fingerprint density at radius 1 is 1.00 bits per heavy atom. The molecule has 2 aromatic heterocycles. The van der Waals surface area contributed by atoms with E-state index in [4.69, 9.17) is 17.2 Å². The Morgan fingerprint density at radius 2 is 1.76 bits per heavy atom. The zero-order valence-electron chi connectivity index (χ0n) is 13.2. The van der Waals surface area contributed by atoms with Gasteiger partial charge in [0.25, 0.3) is 0 Å². The third-order valence-electron chi connectivity index (χ3n) is 4.05. The van der Waals surface area contributed by atoms with Crippen molar-refractivity contribution in [2.24, 2.45) is 0 Å². The van der Waals surface area contributed by atoms with Gasteiger partial charge in [0.15, 0.2) is 0 Å². The fourth-order valence-electron chi connectivity index (χ4n) is 2.80. The maximum absolute atomic E-state index is 13.3. The molecule has 122 valence electrons. The van der Waals surface area contributed by atoms with Crippen LogP contribution in [0.15, 0.2) is 67.0 Å². The Morgan fingerprint density at radius 3 is 2.48 bits per heavy atom. The number of benzene rings is 1. The van der Waals surface area contributed by atoms with Gasteiger partial charge in [-0.3, -0.25) is 4.98 Å². The second-order valence-corrected chi connectivity index (χ2v) is 6.18. The number of rotatable bonds is 3. The number of hydrogen-bond acceptors (Lipinski definition) is 3. The summed E-state index contributed by atoms with van der Waals surface area (Å²) in [5, 5.41) is 0. The second kappa shape index (κ2) is 6.53. The van der Waals surface area contributed by atoms with Crippen molar-refractivity contribution in [1.82, 2.24) is 15.0 Å². The minimum absolute atomic E-state index is 0.272. The van der Waals surface area contributed by atoms with Gasteiger partial charge in [0.2, 0.25) is 0 Å². The molecule has 0 amide bonds. The first-order valence-electron chi connectivity index (χ1n) is 7.89. The van der Waals surface area contributed by atoms with Gasteiger partial charge in [-0.2, -0.15) is 0 Å². The molecule has 0 unspecified atom stereocenters. The van der Waals surface area contributed by atoms with Crippen LogP contribution >= 0.6 is 12.2 Å². The molecule has 2 heterocycles. The van der Waals surface area contributed by atoms with E-state index in [0.717, 1.165) is 45.2 Å². The molecule has 0 saturated carbocycles. The Balaban J connectivity index is 1.89. The number of H-pyrrole nitrogens is 1. The van der Waals surface area contributed by atoms with Crippen LogP contribution in [0, 0.1) is 5.82 Å². The summed E-state index contributed by atoms with van der Waals surface area (Å²) < 4.78 is 13.3. The SMILES string of the molecule is Fc1ccc(-c2nc(C3=CC=CCC3=S)[nH]c2-c2ccncc2)cc1. The molecule has 0 bridgehead atoms. The predicted octanol–water partition coefficient (Wildman–Crippen LogP) is 4.99. The highest BCUT2D eigenvalue weighted by Crippen LogP contribution is 2.32. The number of nitrogens with zero attached hydrogens (tertiary/aromatic N) is 2. The third-order valence-corrected chi connectivity index (χ3v) is 4.43. The first-order valence-corrected chi connectivity index (χ1v) is 8.30. The molecule has 0 radical (unpaired) electrons. The van der Waals surface area contributed by atoms with E-state index in [1.54, 1.807) is 24.5 Å². The zero-order chi connectivity index (χ0) is 17.2. The molecule has 1 N–H and O–H groups in total. The van der Waals surface area contributed by atoms with Gasteiger partial charge in [0.1, 0.15) is 11.6 Å². The Hall–Kier alpha value is -2.92. The number of halogens is 1. The quantitative estimate of drug-likeness (QED) is 0.679. The van der Waals surface area contributed by atoms with Crippen LogP contribution in [0.1, 0.15) is 12.2 Å². The van der Waals surface area contributed by atoms with Crippen molar-refractivity contribution in [2.75, 3.05) is 0 Å². The lowest BCUT2D eigenvalue weighted by Crippen LogP contribution is -2.02. The molecule has 5 heteroatoms. The number of nitrogens with one attached hydrogen (secondary N) is 1. The van der Waals surface area contributed by atoms with E-state index in [2.05, 4.69) is 9.97 Å². The predicted molar refractivity (Wildman–Crippen MR) is 102 cm³/mol. The number of thiocarbonyl (C=S) groups is 1. The van der Waals surface area contributed by atoms with Crippen LogP contribution in [-0.4, -0.2) is 19.8 Å². The number of aromatic nitrogens is 3. The van der Waals surface area contributed by atoms with Crippen molar-refractivity contribution in [2.45, 2.75) is 6.42 Å². The molecule has 1 aliphatic rings. The Bertz CT molecular complexity index is 986. The minimum atomic E-state index is -0.272. The van der Waals surface area contributed by atoms with Crippen molar-refractivity contribution >= 4 is 22.7 Å². The van der Waals surface area contributed by atoms with E-state index >= 15 is 0 Å². The van der Waals surface area contributed by atoms with Gasteiger partial charge in [-0.15, -0.1) is 0 Å². The Kier molecular flexibility index (Phi) is 4.07. The summed E-state index contributed by atoms with van der Waals surface area (Å²) in [6.45, 7) is 0. The van der Waals surface area contributed by atoms with Crippen LogP contribution in [0.4, 0.5) is 4.39 Å². The average molecular weight is 347 g/mol. The van der Waals surface area contributed by atoms with Gasteiger partial charge < -0.3 is 4.98 Å². The fourth-order valence-corrected chi connectivity index (χ4v) is 3.06. The smallest absolute Gasteiger partial charge is 0.139 e. The lowest BCUT2D eigenvalue weighted by molar-refractivity contribution is 0.628. The lowest BCUT2D eigenvalue weighted by atomic mass is 10.0. The first-order chi connectivity index (χ1) is 12.2. The average Bonchev–Trinajstić information content (AvgIpc) is 3.08. The monoisotopic (exact) mass is 347 g/mol. The fraction of sp³-hybridized carbons (Fsp3) is 0.0500. The highest BCUT2D eigenvalue weighted by Gasteiger charge is 2.18. The van der Waals surface area contributed by atoms with Crippen molar-refractivity contribution in [3.05, 3.63) is 78.7 Å². The van der Waals surface area contributed by atoms with Crippen molar-refractivity contribution < 1.29 is 4.39 Å². The molecule has 0 atom stereocenters. The van der Waals surface area contributed by atoms with Crippen molar-refractivity contribution in [1.29, 1.82) is 0 Å². The van der Waals surface area contributed by atoms with Crippen LogP contribution in [0.5, 0.6) is 0 Å². The molecule has 0 fully saturated rings. The summed E-state index contributed by atoms with van der Waals surface area (Å²) in [4.78, 5) is 13.1. The molecule has 0 saturated heterocycles. The van der Waals surface area contributed by atoms with Crippen molar-refractivity contribution in [3.8, 4) is 22.5 Å². The lowest BCUT2D eigenvalue weighted by Gasteiger charge is -2.07. The molecule has 0 spiro atoms. The molecule has 4 rings (SSSR count). The molecular formula is C20H14FN3S. The second-order valence-electron chi connectivity index (χ2n) is 5.69. The molecule has 0 aliphatic heterocycles. The van der Waals surface area contributed by atoms with E-state index in [1.165, 1.54) is 12.1 Å². The summed E-state index contributed by atoms with van der Waals surface area (Å²) in [6, 6.07) is 10.2. The van der Waals surface area contributed by atoms with E-state index < -0.39 is 0 Å². The Labute approximate surface area is 150 Å². The van der Waals surface area contributed by atoms with Gasteiger partial charge in [0.05, 0.1) is 11.4 Å². The van der Waals surface area contributed by atoms with Gasteiger partial charge in [-0.25, -0.2) is 9.37 Å². The van der Waals surface area contributed by atoms with Gasteiger partial charge in [0, 0.05) is 40.4 Å².